The van der Waals surface area contributed by atoms with Crippen LogP contribution in [0.3, 0.4) is 0 Å². The summed E-state index contributed by atoms with van der Waals surface area (Å²) in [5, 5.41) is 7.54. The lowest BCUT2D eigenvalue weighted by atomic mass is 9.69. The summed E-state index contributed by atoms with van der Waals surface area (Å²) in [6.45, 7) is 6.95. The second kappa shape index (κ2) is 11.0. The molecule has 0 saturated carbocycles. The normalized spacial score (nSPS) is 18.1. The van der Waals surface area contributed by atoms with E-state index in [1.165, 1.54) is 31.8 Å². The number of fused-ring (bicyclic) bond motifs is 3. The molecule has 1 aromatic heterocycles. The van der Waals surface area contributed by atoms with E-state index in [2.05, 4.69) is 31.4 Å². The van der Waals surface area contributed by atoms with Gasteiger partial charge in [0.15, 0.2) is 11.5 Å². The first kappa shape index (κ1) is 27.8. The summed E-state index contributed by atoms with van der Waals surface area (Å²) in [6.07, 6.45) is 3.75. The fraction of sp³-hybridized carbons (Fsp3) is 0.419. The number of rotatable bonds is 8. The van der Waals surface area contributed by atoms with Gasteiger partial charge in [-0.05, 0) is 66.0 Å². The Bertz CT molecular complexity index is 1420. The summed E-state index contributed by atoms with van der Waals surface area (Å²) in [6, 6.07) is 10.2. The van der Waals surface area contributed by atoms with Gasteiger partial charge in [-0.2, -0.15) is 0 Å². The van der Waals surface area contributed by atoms with Gasteiger partial charge in [0, 0.05) is 4.88 Å². The Labute approximate surface area is 239 Å². The van der Waals surface area contributed by atoms with Crippen LogP contribution in [0.4, 0.5) is 5.00 Å². The smallest absolute Gasteiger partial charge is 0.343 e. The summed E-state index contributed by atoms with van der Waals surface area (Å²) in [5.41, 5.74) is 3.29. The van der Waals surface area contributed by atoms with Gasteiger partial charge in [-0.25, -0.2) is 4.79 Å². The Balaban J connectivity index is 1.35. The molecule has 1 aliphatic carbocycles. The second-order valence-corrected chi connectivity index (χ2v) is 12.0. The Hall–Kier alpha value is -3.72. The van der Waals surface area contributed by atoms with E-state index >= 15 is 0 Å². The SMILES string of the molecule is CCC(C)(C)[C@H]1CCc2c(sc3c2C(=O)N[C@@H](c2cccc(OC(=O)c4cc(OC)c(OC)c(OC)c4)c2)N3)C1. The molecule has 2 N–H and O–H groups in total. The van der Waals surface area contributed by atoms with Gasteiger partial charge < -0.3 is 29.6 Å². The van der Waals surface area contributed by atoms with E-state index in [-0.39, 0.29) is 16.9 Å². The molecule has 0 fully saturated rings. The van der Waals surface area contributed by atoms with Crippen LogP contribution >= 0.6 is 11.3 Å². The number of nitrogens with one attached hydrogen (secondary N) is 2. The van der Waals surface area contributed by atoms with Crippen molar-refractivity contribution in [2.45, 2.75) is 52.6 Å². The van der Waals surface area contributed by atoms with Gasteiger partial charge in [0.1, 0.15) is 16.9 Å². The number of carbonyl (C=O) groups is 2. The standard InChI is InChI=1S/C31H36N2O6S/c1-7-31(2,3)19-11-12-21-24(16-19)40-29-25(21)28(34)32-27(33-29)17-9-8-10-20(13-17)39-30(35)18-14-22(36-4)26(38-6)23(15-18)37-5/h8-10,13-15,19,27,33H,7,11-12,16H2,1-6H3,(H,32,34)/t19-,27+/m0/s1. The zero-order valence-electron chi connectivity index (χ0n) is 23.8. The van der Waals surface area contributed by atoms with E-state index in [0.717, 1.165) is 41.8 Å². The van der Waals surface area contributed by atoms with Gasteiger partial charge in [0.05, 0.1) is 32.5 Å². The fourth-order valence-corrected chi connectivity index (χ4v) is 6.90. The average Bonchev–Trinajstić information content (AvgIpc) is 3.34. The number of ether oxygens (including phenoxy) is 4. The molecule has 2 aromatic carbocycles. The van der Waals surface area contributed by atoms with E-state index in [1.807, 2.05) is 6.07 Å². The number of anilines is 1. The van der Waals surface area contributed by atoms with Crippen LogP contribution in [-0.2, 0) is 12.8 Å². The minimum Gasteiger partial charge on any atom is -0.493 e. The van der Waals surface area contributed by atoms with Gasteiger partial charge >= 0.3 is 5.97 Å². The average molecular weight is 565 g/mol. The maximum Gasteiger partial charge on any atom is 0.343 e. The van der Waals surface area contributed by atoms with Crippen LogP contribution in [0.5, 0.6) is 23.0 Å². The number of methoxy groups -OCH3 is 3. The van der Waals surface area contributed by atoms with Crippen LogP contribution < -0.4 is 29.6 Å². The molecule has 9 heteroatoms. The Kier molecular flexibility index (Phi) is 7.68. The first-order valence-corrected chi connectivity index (χ1v) is 14.3. The molecule has 0 unspecified atom stereocenters. The van der Waals surface area contributed by atoms with Crippen molar-refractivity contribution in [2.24, 2.45) is 11.3 Å². The molecular formula is C31H36N2O6S. The van der Waals surface area contributed by atoms with E-state index < -0.39 is 12.1 Å². The minimum atomic E-state index is -0.574. The van der Waals surface area contributed by atoms with Crippen LogP contribution in [-0.4, -0.2) is 33.2 Å². The zero-order chi connectivity index (χ0) is 28.6. The molecule has 5 rings (SSSR count). The number of hydrogen-bond acceptors (Lipinski definition) is 8. The Morgan fingerprint density at radius 1 is 1.05 bits per heavy atom. The molecule has 0 bridgehead atoms. The molecule has 2 atom stereocenters. The maximum absolute atomic E-state index is 13.3. The first-order chi connectivity index (χ1) is 19.2. The van der Waals surface area contributed by atoms with Gasteiger partial charge in [0.2, 0.25) is 5.75 Å². The van der Waals surface area contributed by atoms with E-state index in [9.17, 15) is 9.59 Å². The zero-order valence-corrected chi connectivity index (χ0v) is 24.6. The van der Waals surface area contributed by atoms with Crippen LogP contribution in [0.2, 0.25) is 0 Å². The van der Waals surface area contributed by atoms with Crippen LogP contribution in [0, 0.1) is 11.3 Å². The lowest BCUT2D eigenvalue weighted by Gasteiger charge is -2.36. The molecule has 2 heterocycles. The highest BCUT2D eigenvalue weighted by molar-refractivity contribution is 7.16. The monoisotopic (exact) mass is 564 g/mol. The largest absolute Gasteiger partial charge is 0.493 e. The fourth-order valence-electron chi connectivity index (χ4n) is 5.54. The molecule has 212 valence electrons. The van der Waals surface area contributed by atoms with Crippen molar-refractivity contribution in [3.63, 3.8) is 0 Å². The molecule has 8 nitrogen and oxygen atoms in total. The molecular weight excluding hydrogens is 528 g/mol. The molecule has 1 amide bonds. The van der Waals surface area contributed by atoms with Crippen LogP contribution in [0.15, 0.2) is 36.4 Å². The maximum atomic E-state index is 13.3. The van der Waals surface area contributed by atoms with Gasteiger partial charge in [-0.3, -0.25) is 4.79 Å². The quantitative estimate of drug-likeness (QED) is 0.242. The van der Waals surface area contributed by atoms with Crippen molar-refractivity contribution in [2.75, 3.05) is 26.6 Å². The van der Waals surface area contributed by atoms with Crippen molar-refractivity contribution in [3.05, 3.63) is 63.5 Å². The predicted octanol–water partition coefficient (Wildman–Crippen LogP) is 6.39. The summed E-state index contributed by atoms with van der Waals surface area (Å²) in [7, 11) is 4.47. The van der Waals surface area contributed by atoms with Crippen molar-refractivity contribution in [3.8, 4) is 23.0 Å². The molecule has 0 radical (unpaired) electrons. The lowest BCUT2D eigenvalue weighted by Crippen LogP contribution is -2.38. The van der Waals surface area contributed by atoms with Crippen molar-refractivity contribution in [1.82, 2.24) is 5.32 Å². The minimum absolute atomic E-state index is 0.0655. The predicted molar refractivity (Wildman–Crippen MR) is 155 cm³/mol. The summed E-state index contributed by atoms with van der Waals surface area (Å²) in [5.74, 6) is 1.43. The first-order valence-electron chi connectivity index (χ1n) is 13.5. The van der Waals surface area contributed by atoms with E-state index in [1.54, 1.807) is 41.7 Å². The van der Waals surface area contributed by atoms with Crippen LogP contribution in [0.25, 0.3) is 0 Å². The number of benzene rings is 2. The summed E-state index contributed by atoms with van der Waals surface area (Å²) in [4.78, 5) is 27.6. The highest BCUT2D eigenvalue weighted by Gasteiger charge is 2.37. The Morgan fingerprint density at radius 3 is 2.42 bits per heavy atom. The van der Waals surface area contributed by atoms with Gasteiger partial charge in [0.25, 0.3) is 5.91 Å². The lowest BCUT2D eigenvalue weighted by molar-refractivity contribution is 0.0733. The number of amides is 1. The molecule has 0 spiro atoms. The van der Waals surface area contributed by atoms with Gasteiger partial charge in [-0.1, -0.05) is 39.3 Å². The molecule has 2 aliphatic rings. The van der Waals surface area contributed by atoms with Crippen molar-refractivity contribution in [1.29, 1.82) is 0 Å². The van der Waals surface area contributed by atoms with Crippen molar-refractivity contribution >= 4 is 28.2 Å². The number of thiophene rings is 1. The second-order valence-electron chi connectivity index (χ2n) is 10.9. The van der Waals surface area contributed by atoms with Crippen LogP contribution in [0.1, 0.15) is 76.5 Å². The number of hydrogen-bond donors (Lipinski definition) is 2. The number of esters is 1. The highest BCUT2D eigenvalue weighted by Crippen LogP contribution is 2.47. The van der Waals surface area contributed by atoms with E-state index in [4.69, 9.17) is 18.9 Å². The summed E-state index contributed by atoms with van der Waals surface area (Å²) < 4.78 is 21.7. The molecule has 1 aliphatic heterocycles. The Morgan fingerprint density at radius 2 is 1.77 bits per heavy atom. The molecule has 40 heavy (non-hydrogen) atoms. The highest BCUT2D eigenvalue weighted by atomic mass is 32.1. The molecule has 0 saturated heterocycles. The van der Waals surface area contributed by atoms with E-state index in [0.29, 0.717) is 28.9 Å². The third kappa shape index (κ3) is 5.10. The number of carbonyl (C=O) groups excluding carboxylic acids is 2. The van der Waals surface area contributed by atoms with Crippen molar-refractivity contribution < 1.29 is 28.5 Å². The summed E-state index contributed by atoms with van der Waals surface area (Å²) >= 11 is 1.70. The third-order valence-corrected chi connectivity index (χ3v) is 9.55. The van der Waals surface area contributed by atoms with Gasteiger partial charge in [-0.15, -0.1) is 11.3 Å². The third-order valence-electron chi connectivity index (χ3n) is 8.36. The topological polar surface area (TPSA) is 95.1 Å². The molecule has 3 aromatic rings.